The van der Waals surface area contributed by atoms with Crippen LogP contribution in [0.5, 0.6) is 0 Å². The van der Waals surface area contributed by atoms with Gasteiger partial charge in [0, 0.05) is 29.1 Å². The highest BCUT2D eigenvalue weighted by Crippen LogP contribution is 2.40. The molecule has 1 aromatic rings. The fourth-order valence-corrected chi connectivity index (χ4v) is 6.08. The summed E-state index contributed by atoms with van der Waals surface area (Å²) < 4.78 is 25.3. The number of hydrogen-bond donors (Lipinski definition) is 4. The van der Waals surface area contributed by atoms with Gasteiger partial charge in [-0.05, 0) is 49.8 Å². The highest BCUT2D eigenvalue weighted by atomic mass is 32.2. The van der Waals surface area contributed by atoms with Crippen LogP contribution in [0.15, 0.2) is 42.0 Å². The van der Waals surface area contributed by atoms with E-state index in [2.05, 4.69) is 88.1 Å². The molecule has 0 spiro atoms. The Kier molecular flexibility index (Phi) is 11.4. The fraction of sp³-hybridized carbons (Fsp3) is 0.679. The van der Waals surface area contributed by atoms with Gasteiger partial charge in [0.1, 0.15) is 0 Å². The SMILES string of the molecule is CNC([C@H](/C=C(\C)C(=O)NS(C)(=O)=O)C(C)C)[C@H](C(N)[C@@H](NC)C(C)(C)c1ccccc1)C(C)(C)C. The van der Waals surface area contributed by atoms with E-state index in [0.717, 1.165) is 6.26 Å². The molecule has 206 valence electrons. The molecular formula is C28H50N4O3S. The van der Waals surface area contributed by atoms with E-state index in [1.165, 1.54) is 5.56 Å². The van der Waals surface area contributed by atoms with Crippen LogP contribution in [0.2, 0.25) is 0 Å². The summed E-state index contributed by atoms with van der Waals surface area (Å²) in [5.74, 6) is -0.478. The molecule has 2 unspecified atom stereocenters. The zero-order chi connectivity index (χ0) is 28.1. The molecule has 0 saturated carbocycles. The van der Waals surface area contributed by atoms with E-state index < -0.39 is 15.9 Å². The molecule has 0 aromatic heterocycles. The van der Waals surface area contributed by atoms with Gasteiger partial charge in [-0.25, -0.2) is 13.1 Å². The summed E-state index contributed by atoms with van der Waals surface area (Å²) in [6.45, 7) is 16.9. The Labute approximate surface area is 220 Å². The fourth-order valence-electron chi connectivity index (χ4n) is 5.58. The first-order valence-electron chi connectivity index (χ1n) is 12.7. The lowest BCUT2D eigenvalue weighted by molar-refractivity contribution is -0.115. The van der Waals surface area contributed by atoms with Crippen molar-refractivity contribution >= 4 is 15.9 Å². The lowest BCUT2D eigenvalue weighted by Crippen LogP contribution is -2.64. The van der Waals surface area contributed by atoms with Gasteiger partial charge in [-0.15, -0.1) is 0 Å². The third kappa shape index (κ3) is 8.40. The van der Waals surface area contributed by atoms with Gasteiger partial charge < -0.3 is 16.4 Å². The van der Waals surface area contributed by atoms with Crippen LogP contribution in [-0.2, 0) is 20.2 Å². The molecule has 1 rings (SSSR count). The minimum Gasteiger partial charge on any atom is -0.326 e. The average Bonchev–Trinajstić information content (AvgIpc) is 2.74. The van der Waals surface area contributed by atoms with Gasteiger partial charge in [0.25, 0.3) is 5.91 Å². The summed E-state index contributed by atoms with van der Waals surface area (Å²) in [5.41, 5.74) is 8.36. The molecule has 7 nitrogen and oxygen atoms in total. The van der Waals surface area contributed by atoms with Crippen LogP contribution in [0, 0.1) is 23.2 Å². The van der Waals surface area contributed by atoms with Gasteiger partial charge in [0.15, 0.2) is 0 Å². The van der Waals surface area contributed by atoms with Crippen molar-refractivity contribution in [3.05, 3.63) is 47.5 Å². The Balaban J connectivity index is 3.56. The van der Waals surface area contributed by atoms with Crippen LogP contribution in [0.25, 0.3) is 0 Å². The van der Waals surface area contributed by atoms with E-state index >= 15 is 0 Å². The van der Waals surface area contributed by atoms with E-state index in [4.69, 9.17) is 5.73 Å². The van der Waals surface area contributed by atoms with E-state index in [-0.39, 0.29) is 46.7 Å². The minimum absolute atomic E-state index is 0.0114. The van der Waals surface area contributed by atoms with Crippen molar-refractivity contribution in [3.8, 4) is 0 Å². The maximum atomic E-state index is 12.6. The zero-order valence-corrected chi connectivity index (χ0v) is 25.0. The number of carbonyl (C=O) groups excluding carboxylic acids is 1. The van der Waals surface area contributed by atoms with Crippen molar-refractivity contribution < 1.29 is 13.2 Å². The number of nitrogens with two attached hydrogens (primary N) is 1. The van der Waals surface area contributed by atoms with Gasteiger partial charge in [0.05, 0.1) is 6.26 Å². The summed E-state index contributed by atoms with van der Waals surface area (Å²) in [6.07, 6.45) is 2.88. The van der Waals surface area contributed by atoms with E-state index in [1.807, 2.05) is 26.2 Å². The number of likely N-dealkylation sites (N-methyl/N-ethyl adjacent to an activating group) is 1. The first kappa shape index (κ1) is 32.3. The number of rotatable bonds is 12. The normalized spacial score (nSPS) is 17.9. The maximum absolute atomic E-state index is 12.6. The minimum atomic E-state index is -3.64. The molecule has 5 N–H and O–H groups in total. The summed E-state index contributed by atoms with van der Waals surface area (Å²) in [6, 6.07) is 10.1. The zero-order valence-electron chi connectivity index (χ0n) is 24.1. The van der Waals surface area contributed by atoms with E-state index in [1.54, 1.807) is 6.92 Å². The summed E-state index contributed by atoms with van der Waals surface area (Å²) in [7, 11) is 0.249. The number of nitrogens with one attached hydrogen (secondary N) is 3. The van der Waals surface area contributed by atoms with Gasteiger partial charge >= 0.3 is 0 Å². The Bertz CT molecular complexity index is 982. The van der Waals surface area contributed by atoms with Gasteiger partial charge in [-0.3, -0.25) is 4.79 Å². The number of hydrogen-bond acceptors (Lipinski definition) is 6. The molecule has 1 aromatic carbocycles. The van der Waals surface area contributed by atoms with Crippen LogP contribution < -0.4 is 21.1 Å². The highest BCUT2D eigenvalue weighted by molar-refractivity contribution is 7.89. The monoisotopic (exact) mass is 522 g/mol. The molecule has 0 radical (unpaired) electrons. The van der Waals surface area contributed by atoms with Crippen molar-refractivity contribution in [1.29, 1.82) is 0 Å². The number of sulfonamides is 1. The standard InChI is InChI=1S/C28H50N4O3S/c1-18(2)21(17-19(3)26(33)32-36(11,34)35)24(30-9)22(27(4,5)6)23(29)25(31-10)28(7,8)20-15-13-12-14-16-20/h12-18,21-25,30-31H,29H2,1-11H3,(H,32,33)/b19-17+/t21-,22+,23?,24?,25-/m1/s1. The molecule has 0 aliphatic carbocycles. The Morgan fingerprint density at radius 3 is 1.92 bits per heavy atom. The lowest BCUT2D eigenvalue weighted by atomic mass is 9.62. The second kappa shape index (κ2) is 12.7. The summed E-state index contributed by atoms with van der Waals surface area (Å²) in [5, 5.41) is 7.06. The molecule has 0 fully saturated rings. The summed E-state index contributed by atoms with van der Waals surface area (Å²) >= 11 is 0. The smallest absolute Gasteiger partial charge is 0.260 e. The first-order chi connectivity index (χ1) is 16.4. The Hall–Kier alpha value is -1.74. The molecule has 0 bridgehead atoms. The van der Waals surface area contributed by atoms with Crippen LogP contribution in [0.4, 0.5) is 0 Å². The van der Waals surface area contributed by atoms with Gasteiger partial charge in [0.2, 0.25) is 10.0 Å². The van der Waals surface area contributed by atoms with Crippen molar-refractivity contribution in [2.75, 3.05) is 20.4 Å². The quantitative estimate of drug-likeness (QED) is 0.313. The largest absolute Gasteiger partial charge is 0.326 e. The first-order valence-corrected chi connectivity index (χ1v) is 14.6. The molecular weight excluding hydrogens is 472 g/mol. The molecule has 0 aliphatic rings. The topological polar surface area (TPSA) is 113 Å². The second-order valence-electron chi connectivity index (χ2n) is 12.0. The third-order valence-electron chi connectivity index (χ3n) is 7.39. The van der Waals surface area contributed by atoms with E-state index in [0.29, 0.717) is 5.57 Å². The average molecular weight is 523 g/mol. The van der Waals surface area contributed by atoms with Gasteiger partial charge in [-0.1, -0.05) is 84.9 Å². The highest BCUT2D eigenvalue weighted by Gasteiger charge is 2.46. The third-order valence-corrected chi connectivity index (χ3v) is 7.95. The Morgan fingerprint density at radius 2 is 1.53 bits per heavy atom. The number of benzene rings is 1. The lowest BCUT2D eigenvalue weighted by Gasteiger charge is -2.50. The predicted molar refractivity (Wildman–Crippen MR) is 151 cm³/mol. The van der Waals surface area contributed by atoms with Gasteiger partial charge in [-0.2, -0.15) is 0 Å². The van der Waals surface area contributed by atoms with Crippen molar-refractivity contribution in [2.24, 2.45) is 28.9 Å². The number of carbonyl (C=O) groups is 1. The van der Waals surface area contributed by atoms with Crippen molar-refractivity contribution in [1.82, 2.24) is 15.4 Å². The molecule has 0 saturated heterocycles. The maximum Gasteiger partial charge on any atom is 0.260 e. The van der Waals surface area contributed by atoms with Crippen LogP contribution in [0.3, 0.4) is 0 Å². The predicted octanol–water partition coefficient (Wildman–Crippen LogP) is 3.42. The molecule has 5 atom stereocenters. The van der Waals surface area contributed by atoms with Crippen LogP contribution in [-0.4, -0.2) is 52.8 Å². The molecule has 0 heterocycles. The summed E-state index contributed by atoms with van der Waals surface area (Å²) in [4.78, 5) is 12.6. The van der Waals surface area contributed by atoms with Crippen LogP contribution >= 0.6 is 0 Å². The Morgan fingerprint density at radius 1 is 1.00 bits per heavy atom. The second-order valence-corrected chi connectivity index (χ2v) is 13.8. The van der Waals surface area contributed by atoms with Crippen molar-refractivity contribution in [2.45, 2.75) is 78.9 Å². The molecule has 36 heavy (non-hydrogen) atoms. The molecule has 8 heteroatoms. The van der Waals surface area contributed by atoms with Crippen molar-refractivity contribution in [3.63, 3.8) is 0 Å². The molecule has 1 amide bonds. The van der Waals surface area contributed by atoms with E-state index in [9.17, 15) is 13.2 Å². The number of amides is 1. The molecule has 0 aliphatic heterocycles. The van der Waals surface area contributed by atoms with Crippen LogP contribution in [0.1, 0.15) is 61.0 Å².